The van der Waals surface area contributed by atoms with Gasteiger partial charge in [0.15, 0.2) is 0 Å². The molecule has 142 valence electrons. The zero-order chi connectivity index (χ0) is 20.1. The molecule has 1 aliphatic rings. The lowest BCUT2D eigenvalue weighted by Crippen LogP contribution is -2.46. The summed E-state index contributed by atoms with van der Waals surface area (Å²) in [5.74, 6) is 7.04. The van der Waals surface area contributed by atoms with E-state index < -0.39 is 0 Å². The zero-order valence-corrected chi connectivity index (χ0v) is 16.7. The number of benzene rings is 2. The largest absolute Gasteiger partial charge is 0.304 e. The van der Waals surface area contributed by atoms with E-state index in [9.17, 15) is 4.79 Å². The minimum atomic E-state index is 0.100. The van der Waals surface area contributed by atoms with Crippen LogP contribution < -0.4 is 4.90 Å². The molecule has 0 spiro atoms. The normalized spacial score (nSPS) is 16.6. The van der Waals surface area contributed by atoms with Crippen LogP contribution in [0.4, 0.5) is 5.69 Å². The van der Waals surface area contributed by atoms with Crippen LogP contribution in [0.5, 0.6) is 0 Å². The van der Waals surface area contributed by atoms with E-state index in [1.165, 1.54) is 5.56 Å². The number of rotatable bonds is 6. The molecule has 2 aromatic carbocycles. The molecule has 0 aliphatic carbocycles. The molecule has 2 aromatic rings. The first-order valence-electron chi connectivity index (χ1n) is 9.75. The van der Waals surface area contributed by atoms with Gasteiger partial charge in [0.25, 0.3) is 0 Å². The van der Waals surface area contributed by atoms with E-state index in [-0.39, 0.29) is 11.9 Å². The standard InChI is InChI=1S/C26H27NO/c1-5-7-21-12-16-24(17-13-21)27-25(18-26(27)28)23-14-10-22(11-15-23)9-6-8-20(4)19(2)3/h5,10-17,20,25H,1-2,7-8,18H2,3-4H3. The fourth-order valence-electron chi connectivity index (χ4n) is 3.24. The second-order valence-electron chi connectivity index (χ2n) is 7.52. The summed E-state index contributed by atoms with van der Waals surface area (Å²) in [6.07, 6.45) is 4.10. The first-order valence-corrected chi connectivity index (χ1v) is 9.75. The van der Waals surface area contributed by atoms with Crippen LogP contribution in [0.1, 0.15) is 49.4 Å². The third-order valence-corrected chi connectivity index (χ3v) is 5.32. The number of hydrogen-bond donors (Lipinski definition) is 0. The molecule has 1 heterocycles. The lowest BCUT2D eigenvalue weighted by molar-refractivity contribution is -0.124. The third kappa shape index (κ3) is 4.43. The van der Waals surface area contributed by atoms with Gasteiger partial charge in [0, 0.05) is 17.7 Å². The molecule has 2 nitrogen and oxygen atoms in total. The van der Waals surface area contributed by atoms with Gasteiger partial charge in [0.05, 0.1) is 12.5 Å². The Hall–Kier alpha value is -3.05. The molecular weight excluding hydrogens is 342 g/mol. The molecule has 1 fully saturated rings. The van der Waals surface area contributed by atoms with Gasteiger partial charge in [-0.2, -0.15) is 0 Å². The Morgan fingerprint density at radius 3 is 2.46 bits per heavy atom. The number of anilines is 1. The smallest absolute Gasteiger partial charge is 0.230 e. The highest BCUT2D eigenvalue weighted by atomic mass is 16.2. The van der Waals surface area contributed by atoms with Crippen molar-refractivity contribution in [3.05, 3.63) is 90.0 Å². The summed E-state index contributed by atoms with van der Waals surface area (Å²) in [5, 5.41) is 0. The van der Waals surface area contributed by atoms with Gasteiger partial charge in [-0.25, -0.2) is 0 Å². The van der Waals surface area contributed by atoms with Gasteiger partial charge in [0.2, 0.25) is 5.91 Å². The molecule has 0 radical (unpaired) electrons. The molecule has 28 heavy (non-hydrogen) atoms. The molecule has 1 saturated heterocycles. The van der Waals surface area contributed by atoms with Gasteiger partial charge in [-0.3, -0.25) is 4.79 Å². The minimum Gasteiger partial charge on any atom is -0.304 e. The lowest BCUT2D eigenvalue weighted by Gasteiger charge is -2.41. The number of amides is 1. The van der Waals surface area contributed by atoms with Gasteiger partial charge in [0.1, 0.15) is 0 Å². The third-order valence-electron chi connectivity index (χ3n) is 5.32. The number of nitrogens with zero attached hydrogens (tertiary/aromatic N) is 1. The molecule has 1 amide bonds. The predicted molar refractivity (Wildman–Crippen MR) is 117 cm³/mol. The van der Waals surface area contributed by atoms with E-state index >= 15 is 0 Å². The first kappa shape index (κ1) is 19.7. The van der Waals surface area contributed by atoms with Crippen molar-refractivity contribution in [2.75, 3.05) is 4.90 Å². The van der Waals surface area contributed by atoms with E-state index in [1.54, 1.807) is 0 Å². The summed E-state index contributed by atoms with van der Waals surface area (Å²) in [7, 11) is 0. The molecule has 2 atom stereocenters. The van der Waals surface area contributed by atoms with Gasteiger partial charge >= 0.3 is 0 Å². The van der Waals surface area contributed by atoms with Crippen molar-refractivity contribution in [1.82, 2.24) is 0 Å². The quantitative estimate of drug-likeness (QED) is 0.355. The van der Waals surface area contributed by atoms with E-state index in [0.29, 0.717) is 12.3 Å². The predicted octanol–water partition coefficient (Wildman–Crippen LogP) is 5.85. The van der Waals surface area contributed by atoms with E-state index in [0.717, 1.165) is 35.2 Å². The van der Waals surface area contributed by atoms with Crippen molar-refractivity contribution >= 4 is 11.6 Å². The maximum atomic E-state index is 12.2. The molecule has 0 saturated carbocycles. The Labute approximate surface area is 168 Å². The minimum absolute atomic E-state index is 0.100. The van der Waals surface area contributed by atoms with Crippen LogP contribution in [0, 0.1) is 17.8 Å². The highest BCUT2D eigenvalue weighted by Gasteiger charge is 2.38. The molecule has 3 rings (SSSR count). The number of hydrogen-bond acceptors (Lipinski definition) is 1. The Bertz CT molecular complexity index is 925. The fraction of sp³-hybridized carbons (Fsp3) is 0.269. The van der Waals surface area contributed by atoms with Crippen LogP contribution in [0.25, 0.3) is 0 Å². The molecule has 0 N–H and O–H groups in total. The maximum Gasteiger partial charge on any atom is 0.230 e. The summed E-state index contributed by atoms with van der Waals surface area (Å²) < 4.78 is 0. The second-order valence-corrected chi connectivity index (χ2v) is 7.52. The van der Waals surface area contributed by atoms with Crippen LogP contribution in [0.3, 0.4) is 0 Å². The average Bonchev–Trinajstić information content (AvgIpc) is 2.68. The van der Waals surface area contributed by atoms with Gasteiger partial charge in [-0.05, 0) is 54.7 Å². The van der Waals surface area contributed by atoms with Gasteiger partial charge < -0.3 is 4.90 Å². The molecule has 0 aromatic heterocycles. The van der Waals surface area contributed by atoms with Gasteiger partial charge in [-0.1, -0.05) is 61.3 Å². The first-order chi connectivity index (χ1) is 13.5. The van der Waals surface area contributed by atoms with Crippen LogP contribution in [0.2, 0.25) is 0 Å². The topological polar surface area (TPSA) is 20.3 Å². The van der Waals surface area contributed by atoms with Crippen molar-refractivity contribution < 1.29 is 4.79 Å². The summed E-state index contributed by atoms with van der Waals surface area (Å²) in [5.41, 5.74) is 5.47. The molecular formula is C26H27NO. The van der Waals surface area contributed by atoms with E-state index in [1.807, 2.05) is 42.2 Å². The van der Waals surface area contributed by atoms with E-state index in [4.69, 9.17) is 0 Å². The fourth-order valence-corrected chi connectivity index (χ4v) is 3.24. The Kier molecular flexibility index (Phi) is 6.16. The second kappa shape index (κ2) is 8.76. The molecule has 0 bridgehead atoms. The van der Waals surface area contributed by atoms with Crippen molar-refractivity contribution in [2.24, 2.45) is 5.92 Å². The van der Waals surface area contributed by atoms with Crippen LogP contribution >= 0.6 is 0 Å². The number of carbonyl (C=O) groups is 1. The van der Waals surface area contributed by atoms with E-state index in [2.05, 4.69) is 56.2 Å². The molecule has 1 aliphatic heterocycles. The van der Waals surface area contributed by atoms with Crippen molar-refractivity contribution in [1.29, 1.82) is 0 Å². The zero-order valence-electron chi connectivity index (χ0n) is 16.7. The number of allylic oxidation sites excluding steroid dienone is 2. The summed E-state index contributed by atoms with van der Waals surface area (Å²) >= 11 is 0. The van der Waals surface area contributed by atoms with Crippen LogP contribution in [-0.4, -0.2) is 5.91 Å². The molecule has 2 heteroatoms. The van der Waals surface area contributed by atoms with Gasteiger partial charge in [-0.15, -0.1) is 6.58 Å². The maximum absolute atomic E-state index is 12.2. The summed E-state index contributed by atoms with van der Waals surface area (Å²) in [4.78, 5) is 14.1. The van der Waals surface area contributed by atoms with Crippen molar-refractivity contribution in [2.45, 2.75) is 39.2 Å². The van der Waals surface area contributed by atoms with Crippen molar-refractivity contribution in [3.8, 4) is 11.8 Å². The monoisotopic (exact) mass is 369 g/mol. The van der Waals surface area contributed by atoms with Crippen molar-refractivity contribution in [3.63, 3.8) is 0 Å². The number of β-lactam (4-membered cyclic amide) rings is 1. The Balaban J connectivity index is 1.69. The highest BCUT2D eigenvalue weighted by molar-refractivity contribution is 6.01. The van der Waals surface area contributed by atoms with Crippen LogP contribution in [0.15, 0.2) is 73.3 Å². The Morgan fingerprint density at radius 1 is 1.21 bits per heavy atom. The highest BCUT2D eigenvalue weighted by Crippen LogP contribution is 2.38. The molecule has 2 unspecified atom stereocenters. The number of carbonyl (C=O) groups excluding carboxylic acids is 1. The Morgan fingerprint density at radius 2 is 1.89 bits per heavy atom. The summed E-state index contributed by atoms with van der Waals surface area (Å²) in [6, 6.07) is 16.5. The lowest BCUT2D eigenvalue weighted by atomic mass is 9.92. The van der Waals surface area contributed by atoms with Crippen LogP contribution in [-0.2, 0) is 11.2 Å². The SMILES string of the molecule is C=CCc1ccc(N2C(=O)CC2c2ccc(C#CCC(C)C(=C)C)cc2)cc1. The average molecular weight is 370 g/mol. The summed E-state index contributed by atoms with van der Waals surface area (Å²) in [6.45, 7) is 11.9.